The molecule has 0 radical (unpaired) electrons. The van der Waals surface area contributed by atoms with Crippen molar-refractivity contribution in [2.24, 2.45) is 0 Å². The van der Waals surface area contributed by atoms with Crippen molar-refractivity contribution in [1.29, 1.82) is 0 Å². The highest BCUT2D eigenvalue weighted by Gasteiger charge is 2.43. The van der Waals surface area contributed by atoms with Gasteiger partial charge in [-0.2, -0.15) is 10.6 Å². The van der Waals surface area contributed by atoms with Gasteiger partial charge in [-0.25, -0.2) is 13.2 Å². The lowest BCUT2D eigenvalue weighted by Gasteiger charge is -2.42. The number of hydrogen-bond donors (Lipinski definition) is 4. The van der Waals surface area contributed by atoms with Gasteiger partial charge in [0.2, 0.25) is 9.84 Å². The van der Waals surface area contributed by atoms with Crippen molar-refractivity contribution in [2.75, 3.05) is 25.4 Å². The Morgan fingerprint density at radius 2 is 2.15 bits per heavy atom. The van der Waals surface area contributed by atoms with E-state index in [1.807, 2.05) is 0 Å². The maximum Gasteiger partial charge on any atom is 0.356 e. The molecule has 8 nitrogen and oxygen atoms in total. The van der Waals surface area contributed by atoms with Crippen molar-refractivity contribution in [1.82, 2.24) is 10.3 Å². The lowest BCUT2D eigenvalue weighted by molar-refractivity contribution is 0.0516. The topological polar surface area (TPSA) is 129 Å². The predicted octanol–water partition coefficient (Wildman–Crippen LogP) is 2.45. The smallest absolute Gasteiger partial charge is 0.356 e. The van der Waals surface area contributed by atoms with Crippen molar-refractivity contribution < 1.29 is 27.1 Å². The van der Waals surface area contributed by atoms with Crippen molar-refractivity contribution in [3.8, 4) is 0 Å². The quantitative estimate of drug-likeness (QED) is 0.557. The molecule has 0 amide bonds. The molecule has 0 bridgehead atoms. The first-order valence-corrected chi connectivity index (χ1v) is 11.6. The third-order valence-corrected chi connectivity index (χ3v) is 9.72. The summed E-state index contributed by atoms with van der Waals surface area (Å²) in [6.45, 7) is 1.85. The molecule has 3 rings (SSSR count). The van der Waals surface area contributed by atoms with Crippen LogP contribution in [-0.2, 0) is 14.6 Å². The Bertz CT molecular complexity index is 956. The number of fused-ring (bicyclic) bond motifs is 1. The van der Waals surface area contributed by atoms with Crippen LogP contribution in [0.25, 0.3) is 10.9 Å². The zero-order valence-electron chi connectivity index (χ0n) is 13.9. The first kappa shape index (κ1) is 19.5. The fourth-order valence-corrected chi connectivity index (χ4v) is 7.89. The van der Waals surface area contributed by atoms with E-state index in [1.165, 1.54) is 6.07 Å². The average molecular weight is 423 g/mol. The molecule has 0 saturated carbocycles. The van der Waals surface area contributed by atoms with Crippen molar-refractivity contribution >= 4 is 48.9 Å². The Balaban J connectivity index is 2.26. The van der Waals surface area contributed by atoms with E-state index in [9.17, 15) is 22.3 Å². The first-order chi connectivity index (χ1) is 12.2. The van der Waals surface area contributed by atoms with E-state index in [4.69, 9.17) is 16.3 Å². The Morgan fingerprint density at radius 3 is 2.81 bits per heavy atom. The van der Waals surface area contributed by atoms with Crippen LogP contribution in [0.3, 0.4) is 0 Å². The molecule has 1 fully saturated rings. The number of aromatic nitrogens is 1. The van der Waals surface area contributed by atoms with Crippen molar-refractivity contribution in [2.45, 2.75) is 16.4 Å². The zero-order chi connectivity index (χ0) is 19.1. The van der Waals surface area contributed by atoms with Crippen LogP contribution in [0.15, 0.2) is 23.1 Å². The molecule has 1 aromatic heterocycles. The number of sulfone groups is 1. The number of H-pyrrole nitrogens is 1. The Kier molecular flexibility index (Phi) is 5.26. The first-order valence-electron chi connectivity index (χ1n) is 7.86. The number of halogens is 1. The summed E-state index contributed by atoms with van der Waals surface area (Å²) in [5, 5.41) is 3.36. The van der Waals surface area contributed by atoms with E-state index < -0.39 is 31.0 Å². The Morgan fingerprint density at radius 1 is 1.42 bits per heavy atom. The van der Waals surface area contributed by atoms with Crippen LogP contribution in [0.5, 0.6) is 0 Å². The van der Waals surface area contributed by atoms with Gasteiger partial charge in [0.1, 0.15) is 10.6 Å². The van der Waals surface area contributed by atoms with Gasteiger partial charge in [0.25, 0.3) is 0 Å². The van der Waals surface area contributed by atoms with Crippen molar-refractivity contribution in [3.63, 3.8) is 0 Å². The molecule has 1 saturated heterocycles. The van der Waals surface area contributed by atoms with Gasteiger partial charge in [-0.05, 0) is 25.1 Å². The molecule has 26 heavy (non-hydrogen) atoms. The van der Waals surface area contributed by atoms with Crippen molar-refractivity contribution in [3.05, 3.63) is 28.9 Å². The Hall–Kier alpha value is -1.30. The molecular weight excluding hydrogens is 404 g/mol. The molecule has 0 aliphatic carbocycles. The highest BCUT2D eigenvalue weighted by atomic mass is 35.5. The van der Waals surface area contributed by atoms with E-state index in [-0.39, 0.29) is 39.9 Å². The number of carbonyl (C=O) groups is 1. The minimum Gasteiger partial charge on any atom is -0.461 e. The van der Waals surface area contributed by atoms with Gasteiger partial charge < -0.3 is 15.0 Å². The molecule has 144 valence electrons. The molecule has 1 aliphatic heterocycles. The standard InChI is InChI=1S/C15H19ClN2O6S2/c1-2-24-15(19)13-14(10-7-9(16)3-4-11(10)18-13)26(22,23)12-8-17-5-6-25(12,20)21/h3-4,7,12,17-18,20-21H,2,5-6,8H2,1H3. The fraction of sp³-hybridized carbons (Fsp3) is 0.400. The molecule has 11 heteroatoms. The SMILES string of the molecule is CCOC(=O)c1[nH]c2ccc(Cl)cc2c1S(=O)(=O)C1CNCCS1(O)O. The number of esters is 1. The lowest BCUT2D eigenvalue weighted by atomic mass is 10.2. The number of rotatable bonds is 4. The van der Waals surface area contributed by atoms with Gasteiger partial charge in [0.05, 0.1) is 12.4 Å². The fourth-order valence-electron chi connectivity index (χ4n) is 2.93. The van der Waals surface area contributed by atoms with Gasteiger partial charge in [0, 0.05) is 29.0 Å². The predicted molar refractivity (Wildman–Crippen MR) is 101 cm³/mol. The average Bonchev–Trinajstić information content (AvgIpc) is 2.93. The van der Waals surface area contributed by atoms with Gasteiger partial charge >= 0.3 is 5.97 Å². The van der Waals surface area contributed by atoms with Crippen LogP contribution < -0.4 is 5.32 Å². The van der Waals surface area contributed by atoms with E-state index in [1.54, 1.807) is 19.1 Å². The lowest BCUT2D eigenvalue weighted by Crippen LogP contribution is -2.45. The van der Waals surface area contributed by atoms with E-state index in [0.717, 1.165) is 0 Å². The molecule has 0 spiro atoms. The minimum absolute atomic E-state index is 0.0641. The van der Waals surface area contributed by atoms with E-state index >= 15 is 0 Å². The minimum atomic E-state index is -4.28. The zero-order valence-corrected chi connectivity index (χ0v) is 16.2. The molecule has 2 aromatic rings. The second-order valence-corrected chi connectivity index (χ2v) is 11.1. The summed E-state index contributed by atoms with van der Waals surface area (Å²) < 4.78 is 50.7. The molecule has 1 aliphatic rings. The van der Waals surface area contributed by atoms with Crippen LogP contribution in [-0.4, -0.2) is 58.5 Å². The summed E-state index contributed by atoms with van der Waals surface area (Å²) in [6.07, 6.45) is 0. The second kappa shape index (κ2) is 7.02. The van der Waals surface area contributed by atoms with E-state index in [2.05, 4.69) is 10.3 Å². The summed E-state index contributed by atoms with van der Waals surface area (Å²) in [6, 6.07) is 4.53. The number of carbonyl (C=O) groups excluding carboxylic acids is 1. The van der Waals surface area contributed by atoms with Crippen LogP contribution in [0.4, 0.5) is 0 Å². The van der Waals surface area contributed by atoms with Gasteiger partial charge in [-0.15, -0.1) is 0 Å². The third-order valence-electron chi connectivity index (χ3n) is 4.13. The Labute approximate surface area is 157 Å². The third kappa shape index (κ3) is 3.32. The van der Waals surface area contributed by atoms with Gasteiger partial charge in [-0.3, -0.25) is 9.11 Å². The molecule has 4 N–H and O–H groups in total. The van der Waals surface area contributed by atoms with E-state index in [0.29, 0.717) is 12.1 Å². The molecule has 1 aromatic carbocycles. The van der Waals surface area contributed by atoms with Crippen LogP contribution >= 0.6 is 22.2 Å². The maximum atomic E-state index is 13.3. The van der Waals surface area contributed by atoms with Gasteiger partial charge in [-0.1, -0.05) is 11.6 Å². The van der Waals surface area contributed by atoms with Crippen LogP contribution in [0, 0.1) is 0 Å². The van der Waals surface area contributed by atoms with Gasteiger partial charge in [0.15, 0.2) is 4.58 Å². The molecular formula is C15H19ClN2O6S2. The summed E-state index contributed by atoms with van der Waals surface area (Å²) in [4.78, 5) is 14.8. The summed E-state index contributed by atoms with van der Waals surface area (Å²) in [7, 11) is -7.67. The number of ether oxygens (including phenoxy) is 1. The van der Waals surface area contributed by atoms with Crippen LogP contribution in [0.2, 0.25) is 5.02 Å². The maximum absolute atomic E-state index is 13.3. The normalized spacial score (nSPS) is 21.5. The molecule has 2 heterocycles. The number of aromatic amines is 1. The number of benzene rings is 1. The second-order valence-electron chi connectivity index (χ2n) is 5.84. The largest absolute Gasteiger partial charge is 0.461 e. The molecule has 1 atom stereocenters. The monoisotopic (exact) mass is 422 g/mol. The highest BCUT2D eigenvalue weighted by molar-refractivity contribution is 8.31. The molecule has 1 unspecified atom stereocenters. The summed E-state index contributed by atoms with van der Waals surface area (Å²) in [5.41, 5.74) is 0.140. The summed E-state index contributed by atoms with van der Waals surface area (Å²) in [5.74, 6) is -0.909. The highest BCUT2D eigenvalue weighted by Crippen LogP contribution is 2.50. The summed E-state index contributed by atoms with van der Waals surface area (Å²) >= 11 is 6.00. The number of hydrogen-bond acceptors (Lipinski definition) is 7. The number of nitrogens with one attached hydrogen (secondary N) is 2. The van der Waals surface area contributed by atoms with Crippen LogP contribution in [0.1, 0.15) is 17.4 Å².